The third-order valence-corrected chi connectivity index (χ3v) is 2.63. The summed E-state index contributed by atoms with van der Waals surface area (Å²) < 4.78 is 0. The molecule has 0 aliphatic heterocycles. The first-order valence-electron chi connectivity index (χ1n) is 4.59. The van der Waals surface area contributed by atoms with Crippen LogP contribution in [0.4, 0.5) is 0 Å². The van der Waals surface area contributed by atoms with Crippen LogP contribution in [0.25, 0.3) is 11.0 Å². The largest absolute Gasteiger partial charge is 0.279 e. The zero-order chi connectivity index (χ0) is 11.0. The molecule has 0 amide bonds. The van der Waals surface area contributed by atoms with Crippen molar-refractivity contribution in [3.63, 3.8) is 0 Å². The van der Waals surface area contributed by atoms with E-state index >= 15 is 0 Å². The van der Waals surface area contributed by atoms with Crippen LogP contribution in [-0.4, -0.2) is 20.2 Å². The molecule has 1 N–H and O–H groups in total. The quantitative estimate of drug-likeness (QED) is 0.653. The average Bonchev–Trinajstić information content (AvgIpc) is 2.61. The SMILES string of the molecule is CC(C)c1[nH]nc2c(Cl)nc(CCl)nc12. The number of aromatic nitrogens is 4. The van der Waals surface area contributed by atoms with E-state index in [9.17, 15) is 0 Å². The van der Waals surface area contributed by atoms with Crippen molar-refractivity contribution in [1.29, 1.82) is 0 Å². The molecule has 2 rings (SSSR count). The van der Waals surface area contributed by atoms with Crippen molar-refractivity contribution in [3.8, 4) is 0 Å². The van der Waals surface area contributed by atoms with Crippen LogP contribution in [0.1, 0.15) is 31.3 Å². The smallest absolute Gasteiger partial charge is 0.160 e. The fraction of sp³-hybridized carbons (Fsp3) is 0.444. The number of hydrogen-bond donors (Lipinski definition) is 1. The summed E-state index contributed by atoms with van der Waals surface area (Å²) in [5, 5.41) is 7.36. The fourth-order valence-corrected chi connectivity index (χ4v) is 1.74. The van der Waals surface area contributed by atoms with Crippen molar-refractivity contribution >= 4 is 34.2 Å². The van der Waals surface area contributed by atoms with Crippen LogP contribution in [0.5, 0.6) is 0 Å². The van der Waals surface area contributed by atoms with Gasteiger partial charge in [-0.3, -0.25) is 5.10 Å². The lowest BCUT2D eigenvalue weighted by Gasteiger charge is -2.01. The summed E-state index contributed by atoms with van der Waals surface area (Å²) in [6.45, 7) is 4.12. The van der Waals surface area contributed by atoms with Gasteiger partial charge in [-0.2, -0.15) is 5.10 Å². The lowest BCUT2D eigenvalue weighted by Crippen LogP contribution is -1.95. The fourth-order valence-electron chi connectivity index (χ4n) is 1.39. The Morgan fingerprint density at radius 3 is 2.60 bits per heavy atom. The molecule has 0 aliphatic carbocycles. The maximum absolute atomic E-state index is 5.97. The van der Waals surface area contributed by atoms with Crippen molar-refractivity contribution in [2.45, 2.75) is 25.6 Å². The molecule has 6 heteroatoms. The van der Waals surface area contributed by atoms with E-state index in [2.05, 4.69) is 34.0 Å². The monoisotopic (exact) mass is 244 g/mol. The lowest BCUT2D eigenvalue weighted by atomic mass is 10.1. The number of alkyl halides is 1. The van der Waals surface area contributed by atoms with Gasteiger partial charge in [-0.1, -0.05) is 25.4 Å². The van der Waals surface area contributed by atoms with E-state index in [0.717, 1.165) is 11.2 Å². The molecule has 15 heavy (non-hydrogen) atoms. The van der Waals surface area contributed by atoms with Crippen LogP contribution in [0.3, 0.4) is 0 Å². The van der Waals surface area contributed by atoms with Gasteiger partial charge in [0.1, 0.15) is 16.9 Å². The molecule has 0 fully saturated rings. The zero-order valence-electron chi connectivity index (χ0n) is 8.38. The maximum Gasteiger partial charge on any atom is 0.160 e. The number of H-pyrrole nitrogens is 1. The second-order valence-corrected chi connectivity index (χ2v) is 4.18. The number of fused-ring (bicyclic) bond motifs is 1. The van der Waals surface area contributed by atoms with E-state index < -0.39 is 0 Å². The summed E-state index contributed by atoms with van der Waals surface area (Å²) >= 11 is 11.7. The zero-order valence-corrected chi connectivity index (χ0v) is 9.89. The molecule has 2 heterocycles. The third-order valence-electron chi connectivity index (χ3n) is 2.13. The molecule has 0 aliphatic rings. The Bertz CT molecular complexity index is 492. The summed E-state index contributed by atoms with van der Waals surface area (Å²) in [6.07, 6.45) is 0. The van der Waals surface area contributed by atoms with Crippen LogP contribution < -0.4 is 0 Å². The van der Waals surface area contributed by atoms with Gasteiger partial charge in [0.25, 0.3) is 0 Å². The van der Waals surface area contributed by atoms with E-state index in [1.807, 2.05) is 0 Å². The van der Waals surface area contributed by atoms with Gasteiger partial charge in [-0.25, -0.2) is 9.97 Å². The second kappa shape index (κ2) is 3.94. The van der Waals surface area contributed by atoms with Gasteiger partial charge in [0.15, 0.2) is 5.15 Å². The number of aromatic amines is 1. The Morgan fingerprint density at radius 1 is 1.27 bits per heavy atom. The molecule has 2 aromatic rings. The third kappa shape index (κ3) is 1.79. The maximum atomic E-state index is 5.97. The van der Waals surface area contributed by atoms with E-state index in [1.54, 1.807) is 0 Å². The number of halogens is 2. The lowest BCUT2D eigenvalue weighted by molar-refractivity contribution is 0.815. The van der Waals surface area contributed by atoms with Crippen molar-refractivity contribution in [2.24, 2.45) is 0 Å². The molecule has 0 aromatic carbocycles. The van der Waals surface area contributed by atoms with Gasteiger partial charge in [-0.05, 0) is 5.92 Å². The molecule has 80 valence electrons. The molecule has 0 unspecified atom stereocenters. The van der Waals surface area contributed by atoms with Crippen molar-refractivity contribution in [3.05, 3.63) is 16.7 Å². The first-order valence-corrected chi connectivity index (χ1v) is 5.51. The predicted molar refractivity (Wildman–Crippen MR) is 60.3 cm³/mol. The topological polar surface area (TPSA) is 54.5 Å². The van der Waals surface area contributed by atoms with Crippen LogP contribution >= 0.6 is 23.2 Å². The van der Waals surface area contributed by atoms with Crippen molar-refractivity contribution in [2.75, 3.05) is 0 Å². The van der Waals surface area contributed by atoms with Gasteiger partial charge in [0.05, 0.1) is 11.6 Å². The predicted octanol–water partition coefficient (Wildman–Crippen LogP) is 2.87. The molecule has 0 saturated carbocycles. The second-order valence-electron chi connectivity index (χ2n) is 3.55. The van der Waals surface area contributed by atoms with Crippen LogP contribution in [0, 0.1) is 0 Å². The molecular weight excluding hydrogens is 235 g/mol. The van der Waals surface area contributed by atoms with Gasteiger partial charge < -0.3 is 0 Å². The Hall–Kier alpha value is -0.870. The van der Waals surface area contributed by atoms with Gasteiger partial charge >= 0.3 is 0 Å². The highest BCUT2D eigenvalue weighted by Crippen LogP contribution is 2.25. The highest BCUT2D eigenvalue weighted by molar-refractivity contribution is 6.33. The summed E-state index contributed by atoms with van der Waals surface area (Å²) in [5.41, 5.74) is 2.33. The number of nitrogens with one attached hydrogen (secondary N) is 1. The minimum atomic E-state index is 0.248. The number of rotatable bonds is 2. The summed E-state index contributed by atoms with van der Waals surface area (Å²) in [6, 6.07) is 0. The highest BCUT2D eigenvalue weighted by Gasteiger charge is 2.14. The Balaban J connectivity index is 2.72. The van der Waals surface area contributed by atoms with Gasteiger partial charge in [0.2, 0.25) is 0 Å². The number of hydrogen-bond acceptors (Lipinski definition) is 3. The minimum Gasteiger partial charge on any atom is -0.279 e. The molecule has 0 atom stereocenters. The molecule has 2 aromatic heterocycles. The molecule has 4 nitrogen and oxygen atoms in total. The average molecular weight is 245 g/mol. The Kier molecular flexibility index (Phi) is 2.80. The highest BCUT2D eigenvalue weighted by atomic mass is 35.5. The van der Waals surface area contributed by atoms with Crippen LogP contribution in [-0.2, 0) is 5.88 Å². The van der Waals surface area contributed by atoms with Crippen molar-refractivity contribution < 1.29 is 0 Å². The summed E-state index contributed by atoms with van der Waals surface area (Å²) in [5.74, 6) is 1.08. The van der Waals surface area contributed by atoms with Gasteiger partial charge in [-0.15, -0.1) is 11.6 Å². The first-order chi connectivity index (χ1) is 7.13. The minimum absolute atomic E-state index is 0.248. The summed E-state index contributed by atoms with van der Waals surface area (Å²) in [7, 11) is 0. The molecule has 0 spiro atoms. The van der Waals surface area contributed by atoms with Crippen LogP contribution in [0.2, 0.25) is 5.15 Å². The van der Waals surface area contributed by atoms with E-state index in [1.165, 1.54) is 0 Å². The summed E-state index contributed by atoms with van der Waals surface area (Å²) in [4.78, 5) is 8.35. The van der Waals surface area contributed by atoms with Crippen molar-refractivity contribution in [1.82, 2.24) is 20.2 Å². The molecule has 0 saturated heterocycles. The molecular formula is C9H10Cl2N4. The van der Waals surface area contributed by atoms with E-state index in [4.69, 9.17) is 23.2 Å². The van der Waals surface area contributed by atoms with Gasteiger partial charge in [0, 0.05) is 0 Å². The normalized spacial score (nSPS) is 11.5. The van der Waals surface area contributed by atoms with E-state index in [0.29, 0.717) is 22.4 Å². The number of nitrogens with zero attached hydrogens (tertiary/aromatic N) is 3. The first kappa shape index (κ1) is 10.6. The Morgan fingerprint density at radius 2 is 2.00 bits per heavy atom. The Labute approximate surface area is 97.0 Å². The molecule has 0 bridgehead atoms. The standard InChI is InChI=1S/C9H10Cl2N4/c1-4(2)6-7-8(15-14-6)9(11)13-5(3-10)12-7/h4H,3H2,1-2H3,(H,14,15). The van der Waals surface area contributed by atoms with E-state index in [-0.39, 0.29) is 5.88 Å². The molecule has 0 radical (unpaired) electrons. The van der Waals surface area contributed by atoms with Crippen LogP contribution in [0.15, 0.2) is 0 Å².